The minimum atomic E-state index is -0.520. The van der Waals surface area contributed by atoms with Crippen LogP contribution in [0, 0.1) is 0 Å². The topological polar surface area (TPSA) is 73.2 Å². The molecule has 0 aliphatic heterocycles. The lowest BCUT2D eigenvalue weighted by Crippen LogP contribution is -2.13. The first-order valence-electron chi connectivity index (χ1n) is 9.17. The molecular weight excluding hydrogens is 366 g/mol. The molecule has 0 aliphatic rings. The van der Waals surface area contributed by atoms with Crippen LogP contribution >= 0.6 is 0 Å². The van der Waals surface area contributed by atoms with Crippen molar-refractivity contribution < 1.29 is 14.3 Å². The molecule has 1 amide bonds. The van der Waals surface area contributed by atoms with Gasteiger partial charge < -0.3 is 10.1 Å². The van der Waals surface area contributed by atoms with Crippen molar-refractivity contribution in [1.82, 2.24) is 9.78 Å². The molecule has 29 heavy (non-hydrogen) atoms. The Morgan fingerprint density at radius 1 is 0.966 bits per heavy atom. The maximum absolute atomic E-state index is 12.7. The van der Waals surface area contributed by atoms with Crippen LogP contribution in [0.2, 0.25) is 0 Å². The van der Waals surface area contributed by atoms with Crippen LogP contribution in [-0.4, -0.2) is 21.7 Å². The number of benzene rings is 3. The Morgan fingerprint density at radius 2 is 1.66 bits per heavy atom. The summed E-state index contributed by atoms with van der Waals surface area (Å²) in [4.78, 5) is 24.3. The molecule has 0 fully saturated rings. The first-order chi connectivity index (χ1) is 14.1. The van der Waals surface area contributed by atoms with Crippen LogP contribution in [0.15, 0.2) is 79.0 Å². The zero-order valence-corrected chi connectivity index (χ0v) is 15.8. The largest absolute Gasteiger partial charge is 0.455 e. The molecule has 0 saturated carbocycles. The van der Waals surface area contributed by atoms with Crippen molar-refractivity contribution >= 4 is 28.3 Å². The summed E-state index contributed by atoms with van der Waals surface area (Å²) in [5, 5.41) is 8.96. The zero-order valence-electron chi connectivity index (χ0n) is 15.8. The second-order valence-corrected chi connectivity index (χ2v) is 6.59. The van der Waals surface area contributed by atoms with Crippen LogP contribution < -0.4 is 5.32 Å². The average molecular weight is 385 g/mol. The van der Waals surface area contributed by atoms with Crippen molar-refractivity contribution in [3.8, 4) is 5.69 Å². The molecule has 1 N–H and O–H groups in total. The monoisotopic (exact) mass is 385 g/mol. The number of nitrogens with zero attached hydrogens (tertiary/aromatic N) is 2. The number of ether oxygens (including phenoxy) is 1. The van der Waals surface area contributed by atoms with Crippen LogP contribution in [0.1, 0.15) is 23.0 Å². The fourth-order valence-corrected chi connectivity index (χ4v) is 3.08. The number of anilines is 1. The van der Waals surface area contributed by atoms with Crippen molar-refractivity contribution in [1.29, 1.82) is 0 Å². The molecule has 0 atom stereocenters. The summed E-state index contributed by atoms with van der Waals surface area (Å²) in [6.45, 7) is 1.44. The van der Waals surface area contributed by atoms with Gasteiger partial charge in [0.1, 0.15) is 12.3 Å². The van der Waals surface area contributed by atoms with Crippen LogP contribution in [-0.2, 0) is 16.1 Å². The summed E-state index contributed by atoms with van der Waals surface area (Å²) in [5.74, 6) is -0.773. The molecule has 0 spiro atoms. The van der Waals surface area contributed by atoms with E-state index in [9.17, 15) is 9.59 Å². The normalized spacial score (nSPS) is 10.7. The summed E-state index contributed by atoms with van der Waals surface area (Å²) in [5.41, 5.74) is 2.29. The van der Waals surface area contributed by atoms with E-state index in [-0.39, 0.29) is 12.5 Å². The Kier molecular flexibility index (Phi) is 5.07. The Hall–Kier alpha value is -3.93. The van der Waals surface area contributed by atoms with Gasteiger partial charge >= 0.3 is 5.97 Å². The van der Waals surface area contributed by atoms with Gasteiger partial charge in [0.25, 0.3) is 0 Å². The number of rotatable bonds is 5. The quantitative estimate of drug-likeness (QED) is 0.519. The second-order valence-electron chi connectivity index (χ2n) is 6.59. The molecule has 3 aromatic carbocycles. The van der Waals surface area contributed by atoms with Crippen molar-refractivity contribution in [3.05, 3.63) is 90.3 Å². The van der Waals surface area contributed by atoms with Gasteiger partial charge in [0, 0.05) is 13.1 Å². The number of hydrogen-bond acceptors (Lipinski definition) is 4. The summed E-state index contributed by atoms with van der Waals surface area (Å²) >= 11 is 0. The highest BCUT2D eigenvalue weighted by Gasteiger charge is 2.16. The number of nitrogens with one attached hydrogen (secondary N) is 1. The van der Waals surface area contributed by atoms with E-state index in [4.69, 9.17) is 4.74 Å². The van der Waals surface area contributed by atoms with Crippen LogP contribution in [0.5, 0.6) is 0 Å². The lowest BCUT2D eigenvalue weighted by Gasteiger charge is -2.11. The van der Waals surface area contributed by atoms with Gasteiger partial charge in [-0.25, -0.2) is 9.48 Å². The summed E-state index contributed by atoms with van der Waals surface area (Å²) < 4.78 is 7.19. The van der Waals surface area contributed by atoms with Crippen molar-refractivity contribution in [2.75, 3.05) is 5.32 Å². The number of carbonyl (C=O) groups is 2. The molecule has 0 aliphatic carbocycles. The van der Waals surface area contributed by atoms with E-state index in [1.165, 1.54) is 6.92 Å². The van der Waals surface area contributed by atoms with E-state index in [1.54, 1.807) is 22.9 Å². The SMILES string of the molecule is CC(=O)Nc1cc2ccccc2cc1C(=O)OCc1ccn(-c2ccccc2)n1. The predicted molar refractivity (Wildman–Crippen MR) is 111 cm³/mol. The predicted octanol–water partition coefficient (Wildman–Crippen LogP) is 4.34. The number of fused-ring (bicyclic) bond motifs is 1. The Morgan fingerprint density at radius 3 is 2.38 bits per heavy atom. The number of amides is 1. The summed E-state index contributed by atoms with van der Waals surface area (Å²) in [6, 6.07) is 22.6. The average Bonchev–Trinajstić information content (AvgIpc) is 3.21. The van der Waals surface area contributed by atoms with Gasteiger partial charge in [0.05, 0.1) is 16.9 Å². The molecule has 0 radical (unpaired) electrons. The van der Waals surface area contributed by atoms with Gasteiger partial charge in [-0.3, -0.25) is 4.79 Å². The number of carbonyl (C=O) groups excluding carboxylic acids is 2. The van der Waals surface area contributed by atoms with Crippen molar-refractivity contribution in [2.24, 2.45) is 0 Å². The van der Waals surface area contributed by atoms with Gasteiger partial charge in [0.2, 0.25) is 5.91 Å². The standard InChI is InChI=1S/C23H19N3O3/c1-16(27)24-22-14-18-8-6-5-7-17(18)13-21(22)23(28)29-15-19-11-12-26(25-19)20-9-3-2-4-10-20/h2-14H,15H2,1H3,(H,24,27). The van der Waals surface area contributed by atoms with Crippen LogP contribution in [0.3, 0.4) is 0 Å². The van der Waals surface area contributed by atoms with Crippen LogP contribution in [0.25, 0.3) is 16.5 Å². The highest BCUT2D eigenvalue weighted by molar-refractivity contribution is 6.05. The minimum Gasteiger partial charge on any atom is -0.455 e. The third-order valence-corrected chi connectivity index (χ3v) is 4.43. The lowest BCUT2D eigenvalue weighted by molar-refractivity contribution is -0.114. The minimum absolute atomic E-state index is 0.0327. The van der Waals surface area contributed by atoms with Gasteiger partial charge in [-0.05, 0) is 41.1 Å². The van der Waals surface area contributed by atoms with Crippen molar-refractivity contribution in [3.63, 3.8) is 0 Å². The molecule has 6 heteroatoms. The first kappa shape index (κ1) is 18.4. The third-order valence-electron chi connectivity index (χ3n) is 4.43. The lowest BCUT2D eigenvalue weighted by atomic mass is 10.0. The smallest absolute Gasteiger partial charge is 0.340 e. The van der Waals surface area contributed by atoms with Gasteiger partial charge in [0.15, 0.2) is 0 Å². The highest BCUT2D eigenvalue weighted by Crippen LogP contribution is 2.25. The first-order valence-corrected chi connectivity index (χ1v) is 9.17. The van der Waals surface area contributed by atoms with E-state index in [0.717, 1.165) is 16.5 Å². The van der Waals surface area contributed by atoms with Crippen LogP contribution in [0.4, 0.5) is 5.69 Å². The maximum Gasteiger partial charge on any atom is 0.340 e. The van der Waals surface area contributed by atoms with E-state index in [0.29, 0.717) is 16.9 Å². The maximum atomic E-state index is 12.7. The molecule has 0 bridgehead atoms. The summed E-state index contributed by atoms with van der Waals surface area (Å²) in [6.07, 6.45) is 1.82. The number of hydrogen-bond donors (Lipinski definition) is 1. The van der Waals surface area contributed by atoms with E-state index < -0.39 is 5.97 Å². The third kappa shape index (κ3) is 4.16. The van der Waals surface area contributed by atoms with E-state index in [1.807, 2.05) is 60.8 Å². The van der Waals surface area contributed by atoms with E-state index in [2.05, 4.69) is 10.4 Å². The highest BCUT2D eigenvalue weighted by atomic mass is 16.5. The van der Waals surface area contributed by atoms with Gasteiger partial charge in [-0.1, -0.05) is 42.5 Å². The zero-order chi connectivity index (χ0) is 20.2. The molecule has 4 aromatic rings. The molecule has 0 saturated heterocycles. The Labute approximate surface area is 167 Å². The molecule has 144 valence electrons. The Bertz CT molecular complexity index is 1180. The van der Waals surface area contributed by atoms with Gasteiger partial charge in [-0.15, -0.1) is 0 Å². The number of esters is 1. The molecule has 1 heterocycles. The van der Waals surface area contributed by atoms with E-state index >= 15 is 0 Å². The molecule has 0 unspecified atom stereocenters. The van der Waals surface area contributed by atoms with Crippen molar-refractivity contribution in [2.45, 2.75) is 13.5 Å². The molecule has 1 aromatic heterocycles. The fraction of sp³-hybridized carbons (Fsp3) is 0.0870. The van der Waals surface area contributed by atoms with Gasteiger partial charge in [-0.2, -0.15) is 5.10 Å². The summed E-state index contributed by atoms with van der Waals surface area (Å²) in [7, 11) is 0. The second kappa shape index (κ2) is 7.98. The number of para-hydroxylation sites is 1. The molecule has 6 nitrogen and oxygen atoms in total. The molecule has 4 rings (SSSR count). The molecular formula is C23H19N3O3. The number of aromatic nitrogens is 2. The Balaban J connectivity index is 1.54. The fourth-order valence-electron chi connectivity index (χ4n) is 3.08.